The highest BCUT2D eigenvalue weighted by molar-refractivity contribution is 5.96. The van der Waals surface area contributed by atoms with E-state index in [1.807, 2.05) is 0 Å². The van der Waals surface area contributed by atoms with Gasteiger partial charge in [0.2, 0.25) is 5.91 Å². The quantitative estimate of drug-likeness (QED) is 0.171. The zero-order chi connectivity index (χ0) is 30.9. The van der Waals surface area contributed by atoms with Crippen molar-refractivity contribution in [3.63, 3.8) is 0 Å². The van der Waals surface area contributed by atoms with Gasteiger partial charge in [0.1, 0.15) is 17.5 Å². The summed E-state index contributed by atoms with van der Waals surface area (Å²) in [5.74, 6) is -2.28. The molecule has 236 valence electrons. The first-order valence-electron chi connectivity index (χ1n) is 14.8. The van der Waals surface area contributed by atoms with E-state index in [1.54, 1.807) is 0 Å². The minimum atomic E-state index is -1.16. The number of nitrogens with zero attached hydrogens (tertiary/aromatic N) is 1. The first-order chi connectivity index (χ1) is 21.4. The Bertz CT molecular complexity index is 1310. The van der Waals surface area contributed by atoms with Crippen molar-refractivity contribution >= 4 is 11.6 Å². The van der Waals surface area contributed by atoms with Crippen LogP contribution in [0.2, 0.25) is 0 Å². The number of morpholine rings is 1. The average Bonchev–Trinajstić information content (AvgIpc) is 3.55. The first-order valence-corrected chi connectivity index (χ1v) is 14.8. The van der Waals surface area contributed by atoms with Crippen LogP contribution < -0.4 is 21.8 Å². The number of rotatable bonds is 13. The molecule has 12 heteroatoms. The fourth-order valence-electron chi connectivity index (χ4n) is 5.48. The normalized spacial score (nSPS) is 21.0. The number of aromatic nitrogens is 1. The maximum absolute atomic E-state index is 15.0. The molecular formula is C32H38F3N5O4. The molecule has 0 radical (unpaired) electrons. The smallest absolute Gasteiger partial charge is 0.242 e. The van der Waals surface area contributed by atoms with Crippen LogP contribution in [0.3, 0.4) is 0 Å². The Labute approximate surface area is 254 Å². The fourth-order valence-corrected chi connectivity index (χ4v) is 5.48. The van der Waals surface area contributed by atoms with Crippen LogP contribution in [0.15, 0.2) is 60.9 Å². The van der Waals surface area contributed by atoms with E-state index >= 15 is 0 Å². The lowest BCUT2D eigenvalue weighted by molar-refractivity contribution is -0.117. The van der Waals surface area contributed by atoms with Gasteiger partial charge in [0, 0.05) is 31.2 Å². The molecular weight excluding hydrogens is 575 g/mol. The number of pyridine rings is 1. The number of amides is 1. The van der Waals surface area contributed by atoms with Crippen molar-refractivity contribution in [2.24, 2.45) is 11.7 Å². The number of ether oxygens (including phenoxy) is 2. The average molecular weight is 614 g/mol. The Morgan fingerprint density at radius 1 is 1.05 bits per heavy atom. The highest BCUT2D eigenvalue weighted by Crippen LogP contribution is 2.29. The Kier molecular flexibility index (Phi) is 11.3. The second-order valence-electron chi connectivity index (χ2n) is 11.2. The summed E-state index contributed by atoms with van der Waals surface area (Å²) in [6, 6.07) is 10.1. The van der Waals surface area contributed by atoms with E-state index in [1.165, 1.54) is 54.7 Å². The Hall–Kier alpha value is -3.39. The van der Waals surface area contributed by atoms with Crippen molar-refractivity contribution in [1.29, 1.82) is 0 Å². The van der Waals surface area contributed by atoms with E-state index in [9.17, 15) is 18.0 Å². The highest BCUT2D eigenvalue weighted by Gasteiger charge is 2.29. The lowest BCUT2D eigenvalue weighted by Gasteiger charge is -2.30. The SMILES string of the molecule is N[C@H](C(=O)Nc1cncc(F)c1CC[C@@H]1CN[C@H](CONCC2CCOC2)CO1)C(c1ccc(F)cc1)c1ccc(F)cc1. The van der Waals surface area contributed by atoms with Crippen molar-refractivity contribution in [1.82, 2.24) is 15.8 Å². The molecule has 9 nitrogen and oxygen atoms in total. The molecule has 1 aromatic heterocycles. The third kappa shape index (κ3) is 8.62. The van der Waals surface area contributed by atoms with Gasteiger partial charge in [-0.2, -0.15) is 0 Å². The first kappa shape index (κ1) is 32.0. The summed E-state index contributed by atoms with van der Waals surface area (Å²) in [6.45, 7) is 3.77. The number of anilines is 1. The summed E-state index contributed by atoms with van der Waals surface area (Å²) in [4.78, 5) is 22.9. The topological polar surface area (TPSA) is 120 Å². The van der Waals surface area contributed by atoms with E-state index in [4.69, 9.17) is 20.0 Å². The van der Waals surface area contributed by atoms with Gasteiger partial charge in [-0.05, 0) is 60.6 Å². The van der Waals surface area contributed by atoms with Crippen molar-refractivity contribution in [3.8, 4) is 0 Å². The number of nitrogens with one attached hydrogen (secondary N) is 3. The molecule has 4 atom stereocenters. The number of nitrogens with two attached hydrogens (primary N) is 1. The number of benzene rings is 2. The molecule has 2 aliphatic rings. The Morgan fingerprint density at radius 2 is 1.75 bits per heavy atom. The summed E-state index contributed by atoms with van der Waals surface area (Å²) < 4.78 is 53.6. The van der Waals surface area contributed by atoms with Crippen LogP contribution >= 0.6 is 0 Å². The van der Waals surface area contributed by atoms with Crippen molar-refractivity contribution in [2.45, 2.75) is 43.4 Å². The number of halogens is 3. The van der Waals surface area contributed by atoms with Gasteiger partial charge in [-0.15, -0.1) is 0 Å². The maximum Gasteiger partial charge on any atom is 0.242 e. The van der Waals surface area contributed by atoms with Crippen LogP contribution in [0.1, 0.15) is 35.4 Å². The van der Waals surface area contributed by atoms with E-state index < -0.39 is 35.3 Å². The van der Waals surface area contributed by atoms with Gasteiger partial charge >= 0.3 is 0 Å². The highest BCUT2D eigenvalue weighted by atomic mass is 19.1. The van der Waals surface area contributed by atoms with Gasteiger partial charge in [0.15, 0.2) is 0 Å². The standard InChI is InChI=1S/C32H38F3N5O4/c33-23-5-1-21(2-6-23)30(22-3-7-24(34)8-4-22)31(36)32(41)40-29-16-37-15-28(35)27(29)10-9-26-14-38-25(18-43-26)19-44-39-13-20-11-12-42-17-20/h1-8,15-16,20,25-26,30-31,38-39H,9-14,17-19,36H2,(H,40,41)/t20?,25-,26+,31-/m0/s1. The predicted octanol–water partition coefficient (Wildman–Crippen LogP) is 3.44. The summed E-state index contributed by atoms with van der Waals surface area (Å²) in [5.41, 5.74) is 11.1. The maximum atomic E-state index is 15.0. The van der Waals surface area contributed by atoms with Crippen LogP contribution in [-0.4, -0.2) is 68.6 Å². The molecule has 5 rings (SSSR count). The molecule has 1 amide bonds. The van der Waals surface area contributed by atoms with Crippen molar-refractivity contribution in [3.05, 3.63) is 95.1 Å². The van der Waals surface area contributed by atoms with E-state index in [0.717, 1.165) is 32.4 Å². The minimum absolute atomic E-state index is 0.0303. The lowest BCUT2D eigenvalue weighted by Crippen LogP contribution is -2.49. The van der Waals surface area contributed by atoms with Crippen LogP contribution in [0.5, 0.6) is 0 Å². The summed E-state index contributed by atoms with van der Waals surface area (Å²) >= 11 is 0. The van der Waals surface area contributed by atoms with E-state index in [0.29, 0.717) is 43.2 Å². The predicted molar refractivity (Wildman–Crippen MR) is 158 cm³/mol. The summed E-state index contributed by atoms with van der Waals surface area (Å²) in [6.07, 6.45) is 4.15. The number of hydroxylamine groups is 1. The van der Waals surface area contributed by atoms with Crippen LogP contribution in [-0.2, 0) is 25.5 Å². The molecule has 0 aliphatic carbocycles. The molecule has 0 saturated carbocycles. The molecule has 2 saturated heterocycles. The second kappa shape index (κ2) is 15.6. The second-order valence-corrected chi connectivity index (χ2v) is 11.2. The molecule has 2 aromatic carbocycles. The number of hydrogen-bond donors (Lipinski definition) is 4. The Balaban J connectivity index is 1.16. The number of hydrogen-bond acceptors (Lipinski definition) is 8. The molecule has 0 spiro atoms. The van der Waals surface area contributed by atoms with Crippen LogP contribution in [0.25, 0.3) is 0 Å². The third-order valence-corrected chi connectivity index (χ3v) is 8.05. The minimum Gasteiger partial charge on any atom is -0.381 e. The van der Waals surface area contributed by atoms with Crippen LogP contribution in [0.4, 0.5) is 18.9 Å². The summed E-state index contributed by atoms with van der Waals surface area (Å²) in [7, 11) is 0. The Morgan fingerprint density at radius 3 is 2.36 bits per heavy atom. The van der Waals surface area contributed by atoms with Crippen molar-refractivity contribution < 1.29 is 32.3 Å². The van der Waals surface area contributed by atoms with Crippen LogP contribution in [0, 0.1) is 23.4 Å². The van der Waals surface area contributed by atoms with Gasteiger partial charge < -0.3 is 30.7 Å². The van der Waals surface area contributed by atoms with Gasteiger partial charge in [-0.3, -0.25) is 9.78 Å². The molecule has 3 heterocycles. The third-order valence-electron chi connectivity index (χ3n) is 8.05. The monoisotopic (exact) mass is 613 g/mol. The van der Waals surface area contributed by atoms with E-state index in [2.05, 4.69) is 21.1 Å². The molecule has 44 heavy (non-hydrogen) atoms. The van der Waals surface area contributed by atoms with E-state index in [-0.39, 0.29) is 29.8 Å². The van der Waals surface area contributed by atoms with Crippen molar-refractivity contribution in [2.75, 3.05) is 44.8 Å². The number of carbonyl (C=O) groups excluding carboxylic acids is 1. The van der Waals surface area contributed by atoms with Gasteiger partial charge in [0.25, 0.3) is 0 Å². The fraction of sp³-hybridized carbons (Fsp3) is 0.438. The zero-order valence-corrected chi connectivity index (χ0v) is 24.3. The largest absolute Gasteiger partial charge is 0.381 e. The van der Waals surface area contributed by atoms with Gasteiger partial charge in [-0.1, -0.05) is 24.3 Å². The lowest BCUT2D eigenvalue weighted by atomic mass is 9.85. The molecule has 2 aliphatic heterocycles. The number of carbonyl (C=O) groups is 1. The van der Waals surface area contributed by atoms with Gasteiger partial charge in [-0.25, -0.2) is 18.7 Å². The molecule has 1 unspecified atom stereocenters. The molecule has 5 N–H and O–H groups in total. The molecule has 0 bridgehead atoms. The molecule has 2 fully saturated rings. The molecule has 3 aromatic rings. The summed E-state index contributed by atoms with van der Waals surface area (Å²) in [5, 5.41) is 6.14. The van der Waals surface area contributed by atoms with Gasteiger partial charge in [0.05, 0.1) is 56.1 Å². The zero-order valence-electron chi connectivity index (χ0n) is 24.3.